The van der Waals surface area contributed by atoms with E-state index in [1.165, 1.54) is 0 Å². The fourth-order valence-electron chi connectivity index (χ4n) is 2.98. The molecule has 1 aliphatic heterocycles. The fraction of sp³-hybridized carbons (Fsp3) is 0.500. The van der Waals surface area contributed by atoms with Gasteiger partial charge in [0.05, 0.1) is 5.69 Å². The monoisotopic (exact) mass is 371 g/mol. The maximum Gasteiger partial charge on any atom is 0.324 e. The van der Waals surface area contributed by atoms with Gasteiger partial charge in [0.2, 0.25) is 0 Å². The minimum absolute atomic E-state index is 0.0749. The Morgan fingerprint density at radius 2 is 1.96 bits per heavy atom. The molecule has 1 saturated heterocycles. The highest BCUT2D eigenvalue weighted by molar-refractivity contribution is 5.99. The molecule has 146 valence electrons. The van der Waals surface area contributed by atoms with Crippen molar-refractivity contribution in [2.45, 2.75) is 45.1 Å². The summed E-state index contributed by atoms with van der Waals surface area (Å²) in [5, 5.41) is 13.5. The van der Waals surface area contributed by atoms with Crippen LogP contribution in [0.5, 0.6) is 5.75 Å². The summed E-state index contributed by atoms with van der Waals surface area (Å²) in [5.41, 5.74) is 1.55. The zero-order valence-corrected chi connectivity index (χ0v) is 16.5. The van der Waals surface area contributed by atoms with Crippen molar-refractivity contribution in [3.8, 4) is 5.75 Å². The van der Waals surface area contributed by atoms with E-state index in [1.807, 2.05) is 37.4 Å². The molecule has 2 heterocycles. The molecule has 0 bridgehead atoms. The van der Waals surface area contributed by atoms with Gasteiger partial charge >= 0.3 is 6.03 Å². The first kappa shape index (κ1) is 19.2. The van der Waals surface area contributed by atoms with Crippen LogP contribution in [-0.4, -0.2) is 35.0 Å². The summed E-state index contributed by atoms with van der Waals surface area (Å²) in [6, 6.07) is 9.09. The highest BCUT2D eigenvalue weighted by Crippen LogP contribution is 2.24. The Morgan fingerprint density at radius 3 is 2.63 bits per heavy atom. The van der Waals surface area contributed by atoms with Gasteiger partial charge in [-0.15, -0.1) is 0 Å². The lowest BCUT2D eigenvalue weighted by atomic mass is 9.92. The van der Waals surface area contributed by atoms with E-state index in [4.69, 9.17) is 4.74 Å². The van der Waals surface area contributed by atoms with Crippen molar-refractivity contribution in [1.29, 1.82) is 0 Å². The molecule has 0 aliphatic carbocycles. The van der Waals surface area contributed by atoms with E-state index in [2.05, 4.69) is 41.8 Å². The smallest absolute Gasteiger partial charge is 0.324 e. The van der Waals surface area contributed by atoms with Crippen LogP contribution >= 0.6 is 0 Å². The number of carbonyl (C=O) groups is 1. The summed E-state index contributed by atoms with van der Waals surface area (Å²) < 4.78 is 7.71. The number of urea groups is 1. The highest BCUT2D eigenvalue weighted by atomic mass is 16.5. The number of nitrogens with one attached hydrogen (secondary N) is 3. The Kier molecular flexibility index (Phi) is 5.70. The number of benzene rings is 1. The molecule has 2 aromatic rings. The number of rotatable bonds is 4. The van der Waals surface area contributed by atoms with Crippen LogP contribution in [0.4, 0.5) is 16.3 Å². The third-order valence-electron chi connectivity index (χ3n) is 4.57. The second-order valence-electron chi connectivity index (χ2n) is 7.96. The third-order valence-corrected chi connectivity index (χ3v) is 4.57. The molecule has 0 unspecified atom stereocenters. The zero-order chi connectivity index (χ0) is 19.4. The van der Waals surface area contributed by atoms with E-state index in [9.17, 15) is 4.79 Å². The lowest BCUT2D eigenvalue weighted by Gasteiger charge is -2.24. The summed E-state index contributed by atoms with van der Waals surface area (Å²) in [4.78, 5) is 12.4. The Balaban J connectivity index is 1.61. The second kappa shape index (κ2) is 8.00. The SMILES string of the molecule is Cn1nc(C(C)(C)C)cc1NC(=O)Nc1cccc(OC2CCNCC2)c1. The van der Waals surface area contributed by atoms with Crippen molar-refractivity contribution < 1.29 is 9.53 Å². The van der Waals surface area contributed by atoms with Crippen LogP contribution in [0, 0.1) is 0 Å². The Bertz CT molecular complexity index is 788. The van der Waals surface area contributed by atoms with E-state index >= 15 is 0 Å². The molecule has 7 heteroatoms. The van der Waals surface area contributed by atoms with E-state index in [-0.39, 0.29) is 17.6 Å². The molecule has 1 aromatic carbocycles. The largest absolute Gasteiger partial charge is 0.490 e. The molecule has 1 fully saturated rings. The van der Waals surface area contributed by atoms with E-state index in [1.54, 1.807) is 4.68 Å². The number of piperidine rings is 1. The minimum atomic E-state index is -0.308. The number of aryl methyl sites for hydroxylation is 1. The number of carbonyl (C=O) groups excluding carboxylic acids is 1. The van der Waals surface area contributed by atoms with Crippen LogP contribution in [0.3, 0.4) is 0 Å². The number of hydrogen-bond acceptors (Lipinski definition) is 4. The Hall–Kier alpha value is -2.54. The Labute approximate surface area is 160 Å². The molecule has 0 saturated carbocycles. The lowest BCUT2D eigenvalue weighted by molar-refractivity contribution is 0.162. The predicted octanol–water partition coefficient (Wildman–Crippen LogP) is 3.49. The first-order valence-electron chi connectivity index (χ1n) is 9.41. The summed E-state index contributed by atoms with van der Waals surface area (Å²) in [6.07, 6.45) is 2.21. The summed E-state index contributed by atoms with van der Waals surface area (Å²) >= 11 is 0. The van der Waals surface area contributed by atoms with Crippen LogP contribution in [0.25, 0.3) is 0 Å². The molecule has 1 aliphatic rings. The summed E-state index contributed by atoms with van der Waals surface area (Å²) in [7, 11) is 1.82. The van der Waals surface area contributed by atoms with Gasteiger partial charge in [0, 0.05) is 30.3 Å². The Morgan fingerprint density at radius 1 is 1.22 bits per heavy atom. The average Bonchev–Trinajstić information content (AvgIpc) is 2.97. The molecule has 0 spiro atoms. The molecular weight excluding hydrogens is 342 g/mol. The van der Waals surface area contributed by atoms with Crippen LogP contribution in [-0.2, 0) is 12.5 Å². The van der Waals surface area contributed by atoms with Gasteiger partial charge in [0.25, 0.3) is 0 Å². The van der Waals surface area contributed by atoms with Gasteiger partial charge in [-0.2, -0.15) is 5.10 Å². The van der Waals surface area contributed by atoms with Gasteiger partial charge in [0.1, 0.15) is 17.7 Å². The molecule has 2 amide bonds. The number of aromatic nitrogens is 2. The fourth-order valence-corrected chi connectivity index (χ4v) is 2.98. The normalized spacial score (nSPS) is 15.4. The van der Waals surface area contributed by atoms with Crippen LogP contribution in [0.15, 0.2) is 30.3 Å². The number of ether oxygens (including phenoxy) is 1. The summed E-state index contributed by atoms with van der Waals surface area (Å²) in [5.74, 6) is 1.43. The first-order valence-corrected chi connectivity index (χ1v) is 9.41. The van der Waals surface area contributed by atoms with E-state index in [0.717, 1.165) is 37.4 Å². The van der Waals surface area contributed by atoms with Crippen molar-refractivity contribution in [3.05, 3.63) is 36.0 Å². The van der Waals surface area contributed by atoms with Crippen LogP contribution in [0.2, 0.25) is 0 Å². The van der Waals surface area contributed by atoms with E-state index < -0.39 is 0 Å². The quantitative estimate of drug-likeness (QED) is 0.768. The van der Waals surface area contributed by atoms with Crippen LogP contribution < -0.4 is 20.7 Å². The molecule has 7 nitrogen and oxygen atoms in total. The first-order chi connectivity index (χ1) is 12.8. The number of amides is 2. The van der Waals surface area contributed by atoms with E-state index in [0.29, 0.717) is 11.5 Å². The highest BCUT2D eigenvalue weighted by Gasteiger charge is 2.20. The molecular formula is C20H29N5O2. The van der Waals surface area contributed by atoms with Gasteiger partial charge in [0.15, 0.2) is 0 Å². The van der Waals surface area contributed by atoms with Gasteiger partial charge in [-0.3, -0.25) is 10.00 Å². The zero-order valence-electron chi connectivity index (χ0n) is 16.5. The number of hydrogen-bond donors (Lipinski definition) is 3. The minimum Gasteiger partial charge on any atom is -0.490 e. The molecule has 0 atom stereocenters. The van der Waals surface area contributed by atoms with Crippen molar-refractivity contribution >= 4 is 17.5 Å². The molecule has 27 heavy (non-hydrogen) atoms. The maximum atomic E-state index is 12.4. The molecule has 0 radical (unpaired) electrons. The lowest BCUT2D eigenvalue weighted by Crippen LogP contribution is -2.34. The van der Waals surface area contributed by atoms with Crippen LogP contribution in [0.1, 0.15) is 39.3 Å². The van der Waals surface area contributed by atoms with Gasteiger partial charge < -0.3 is 15.4 Å². The number of anilines is 2. The maximum absolute atomic E-state index is 12.4. The predicted molar refractivity (Wildman–Crippen MR) is 108 cm³/mol. The van der Waals surface area contributed by atoms with Gasteiger partial charge in [-0.25, -0.2) is 4.79 Å². The average molecular weight is 371 g/mol. The van der Waals surface area contributed by atoms with Gasteiger partial charge in [-0.05, 0) is 38.1 Å². The summed E-state index contributed by atoms with van der Waals surface area (Å²) in [6.45, 7) is 8.23. The molecule has 1 aromatic heterocycles. The van der Waals surface area contributed by atoms with Crippen molar-refractivity contribution in [2.75, 3.05) is 23.7 Å². The van der Waals surface area contributed by atoms with Crippen molar-refractivity contribution in [2.24, 2.45) is 7.05 Å². The molecule has 3 N–H and O–H groups in total. The second-order valence-corrected chi connectivity index (χ2v) is 7.96. The van der Waals surface area contributed by atoms with Crippen molar-refractivity contribution in [1.82, 2.24) is 15.1 Å². The topological polar surface area (TPSA) is 80.2 Å². The standard InChI is InChI=1S/C20H29N5O2/c1-20(2,3)17-13-18(25(4)24-17)23-19(26)22-14-6-5-7-16(12-14)27-15-8-10-21-11-9-15/h5-7,12-13,15,21H,8-11H2,1-4H3,(H2,22,23,26). The third kappa shape index (κ3) is 5.23. The number of nitrogens with zero attached hydrogens (tertiary/aromatic N) is 2. The van der Waals surface area contributed by atoms with Gasteiger partial charge in [-0.1, -0.05) is 26.8 Å². The van der Waals surface area contributed by atoms with Crippen molar-refractivity contribution in [3.63, 3.8) is 0 Å². The molecule has 3 rings (SSSR count).